The van der Waals surface area contributed by atoms with Gasteiger partial charge in [0.15, 0.2) is 0 Å². The second kappa shape index (κ2) is 6.64. The molecule has 0 fully saturated rings. The van der Waals surface area contributed by atoms with E-state index >= 15 is 0 Å². The molecule has 5 nitrogen and oxygen atoms in total. The lowest BCUT2D eigenvalue weighted by atomic mass is 10.2. The van der Waals surface area contributed by atoms with Crippen molar-refractivity contribution in [2.75, 3.05) is 17.7 Å². The molecule has 0 saturated heterocycles. The molecule has 0 aliphatic heterocycles. The molecule has 0 unspecified atom stereocenters. The molecule has 0 atom stereocenters. The van der Waals surface area contributed by atoms with Crippen LogP contribution < -0.4 is 15.4 Å². The highest BCUT2D eigenvalue weighted by Gasteiger charge is 2.08. The van der Waals surface area contributed by atoms with Crippen molar-refractivity contribution in [1.82, 2.24) is 0 Å². The van der Waals surface area contributed by atoms with E-state index in [1.807, 2.05) is 6.07 Å². The highest BCUT2D eigenvalue weighted by atomic mass is 35.5. The molecule has 106 valence electrons. The monoisotopic (exact) mass is 301 g/mol. The number of nitrogens with zero attached hydrogens (tertiary/aromatic N) is 1. The van der Waals surface area contributed by atoms with E-state index in [4.69, 9.17) is 21.6 Å². The lowest BCUT2D eigenvalue weighted by molar-refractivity contribution is 0.262. The van der Waals surface area contributed by atoms with Gasteiger partial charge < -0.3 is 15.4 Å². The van der Waals surface area contributed by atoms with Crippen molar-refractivity contribution in [1.29, 1.82) is 5.26 Å². The number of carbonyl (C=O) groups is 1. The Morgan fingerprint density at radius 1 is 1.24 bits per heavy atom. The van der Waals surface area contributed by atoms with Crippen LogP contribution in [0.2, 0.25) is 5.02 Å². The number of amides is 2. The molecular formula is C15H12ClN3O2. The molecule has 2 rings (SSSR count). The topological polar surface area (TPSA) is 74.2 Å². The van der Waals surface area contributed by atoms with Gasteiger partial charge in [-0.3, -0.25) is 0 Å². The first kappa shape index (κ1) is 14.7. The maximum Gasteiger partial charge on any atom is 0.323 e. The first-order valence-electron chi connectivity index (χ1n) is 6.04. The number of ether oxygens (including phenoxy) is 1. The van der Waals surface area contributed by atoms with Crippen molar-refractivity contribution in [2.45, 2.75) is 0 Å². The summed E-state index contributed by atoms with van der Waals surface area (Å²) in [5.41, 5.74) is 1.26. The molecule has 2 N–H and O–H groups in total. The van der Waals surface area contributed by atoms with Gasteiger partial charge in [-0.1, -0.05) is 17.7 Å². The van der Waals surface area contributed by atoms with Crippen LogP contribution in [-0.2, 0) is 0 Å². The SMILES string of the molecule is COc1cccc(NC(=O)Nc2cc(Cl)ccc2C#N)c1. The standard InChI is InChI=1S/C15H12ClN3O2/c1-21-13-4-2-3-12(8-13)18-15(20)19-14-7-11(16)6-5-10(14)9-17/h2-8H,1H3,(H2,18,19,20). The number of nitrogens with one attached hydrogen (secondary N) is 2. The normalized spacial score (nSPS) is 9.57. The predicted molar refractivity (Wildman–Crippen MR) is 81.8 cm³/mol. The average molecular weight is 302 g/mol. The van der Waals surface area contributed by atoms with Gasteiger partial charge in [-0.25, -0.2) is 4.79 Å². The van der Waals surface area contributed by atoms with Gasteiger partial charge in [0.2, 0.25) is 0 Å². The van der Waals surface area contributed by atoms with Crippen LogP contribution >= 0.6 is 11.6 Å². The highest BCUT2D eigenvalue weighted by molar-refractivity contribution is 6.31. The Labute approximate surface area is 127 Å². The van der Waals surface area contributed by atoms with E-state index in [1.54, 1.807) is 43.5 Å². The molecule has 0 saturated carbocycles. The average Bonchev–Trinajstić information content (AvgIpc) is 2.47. The Balaban J connectivity index is 2.11. The van der Waals surface area contributed by atoms with Crippen LogP contribution in [0.4, 0.5) is 16.2 Å². The van der Waals surface area contributed by atoms with Gasteiger partial charge in [-0.2, -0.15) is 5.26 Å². The van der Waals surface area contributed by atoms with Gasteiger partial charge in [0, 0.05) is 16.8 Å². The van der Waals surface area contributed by atoms with E-state index in [0.717, 1.165) is 0 Å². The zero-order valence-electron chi connectivity index (χ0n) is 11.2. The number of hydrogen-bond donors (Lipinski definition) is 2. The van der Waals surface area contributed by atoms with E-state index in [2.05, 4.69) is 10.6 Å². The van der Waals surface area contributed by atoms with Gasteiger partial charge in [0.25, 0.3) is 0 Å². The summed E-state index contributed by atoms with van der Waals surface area (Å²) in [5.74, 6) is 0.633. The third-order valence-corrected chi connectivity index (χ3v) is 2.91. The van der Waals surface area contributed by atoms with Crippen LogP contribution in [0.3, 0.4) is 0 Å². The number of nitriles is 1. The minimum absolute atomic E-state index is 0.334. The maximum absolute atomic E-state index is 11.9. The lowest BCUT2D eigenvalue weighted by Crippen LogP contribution is -2.20. The molecule has 21 heavy (non-hydrogen) atoms. The molecule has 6 heteroatoms. The number of carbonyl (C=O) groups excluding carboxylic acids is 1. The van der Waals surface area contributed by atoms with Crippen molar-refractivity contribution >= 4 is 29.0 Å². The molecule has 0 radical (unpaired) electrons. The number of urea groups is 1. The molecule has 2 amide bonds. The van der Waals surface area contributed by atoms with Gasteiger partial charge in [0.1, 0.15) is 11.8 Å². The van der Waals surface area contributed by atoms with Crippen LogP contribution in [0, 0.1) is 11.3 Å². The Kier molecular flexibility index (Phi) is 4.64. The van der Waals surface area contributed by atoms with Gasteiger partial charge in [-0.05, 0) is 30.3 Å². The molecule has 2 aromatic carbocycles. The van der Waals surface area contributed by atoms with Crippen LogP contribution in [0.5, 0.6) is 5.75 Å². The molecule has 0 aliphatic rings. The minimum atomic E-state index is -0.470. The molecule has 0 spiro atoms. The molecule has 2 aromatic rings. The number of methoxy groups -OCH3 is 1. The molecule has 0 heterocycles. The van der Waals surface area contributed by atoms with Gasteiger partial charge in [-0.15, -0.1) is 0 Å². The fourth-order valence-electron chi connectivity index (χ4n) is 1.70. The highest BCUT2D eigenvalue weighted by Crippen LogP contribution is 2.21. The fourth-order valence-corrected chi connectivity index (χ4v) is 1.87. The second-order valence-corrected chi connectivity index (χ2v) is 4.55. The number of halogens is 1. The van der Waals surface area contributed by atoms with Crippen LogP contribution in [0.15, 0.2) is 42.5 Å². The first-order valence-corrected chi connectivity index (χ1v) is 6.42. The summed E-state index contributed by atoms with van der Waals surface area (Å²) in [4.78, 5) is 11.9. The Morgan fingerprint density at radius 3 is 2.76 bits per heavy atom. The zero-order valence-corrected chi connectivity index (χ0v) is 11.9. The summed E-state index contributed by atoms with van der Waals surface area (Å²) in [7, 11) is 1.55. The molecular weight excluding hydrogens is 290 g/mol. The molecule has 0 bridgehead atoms. The predicted octanol–water partition coefficient (Wildman–Crippen LogP) is 3.86. The van der Waals surface area contributed by atoms with Gasteiger partial charge in [0.05, 0.1) is 18.4 Å². The number of benzene rings is 2. The summed E-state index contributed by atoms with van der Waals surface area (Å²) in [6, 6.07) is 13.1. The quantitative estimate of drug-likeness (QED) is 0.904. The first-order chi connectivity index (χ1) is 10.1. The number of anilines is 2. The van der Waals surface area contributed by atoms with E-state index in [-0.39, 0.29) is 0 Å². The summed E-state index contributed by atoms with van der Waals surface area (Å²) in [6.45, 7) is 0. The summed E-state index contributed by atoms with van der Waals surface area (Å²) in [5, 5.41) is 14.7. The summed E-state index contributed by atoms with van der Waals surface area (Å²) < 4.78 is 5.07. The maximum atomic E-state index is 11.9. The number of hydrogen-bond acceptors (Lipinski definition) is 3. The summed E-state index contributed by atoms with van der Waals surface area (Å²) in [6.07, 6.45) is 0. The lowest BCUT2D eigenvalue weighted by Gasteiger charge is -2.10. The molecule has 0 aliphatic carbocycles. The van der Waals surface area contributed by atoms with Gasteiger partial charge >= 0.3 is 6.03 Å². The third kappa shape index (κ3) is 3.88. The minimum Gasteiger partial charge on any atom is -0.497 e. The van der Waals surface area contributed by atoms with E-state index in [9.17, 15) is 4.79 Å². The van der Waals surface area contributed by atoms with Crippen molar-refractivity contribution in [2.24, 2.45) is 0 Å². The largest absolute Gasteiger partial charge is 0.497 e. The number of rotatable bonds is 3. The van der Waals surface area contributed by atoms with E-state index < -0.39 is 6.03 Å². The van der Waals surface area contributed by atoms with Crippen molar-refractivity contribution in [3.63, 3.8) is 0 Å². The van der Waals surface area contributed by atoms with Crippen LogP contribution in [0.25, 0.3) is 0 Å². The van der Waals surface area contributed by atoms with Crippen LogP contribution in [-0.4, -0.2) is 13.1 Å². The smallest absolute Gasteiger partial charge is 0.323 e. The van der Waals surface area contributed by atoms with Crippen molar-refractivity contribution in [3.05, 3.63) is 53.1 Å². The van der Waals surface area contributed by atoms with Crippen LogP contribution in [0.1, 0.15) is 5.56 Å². The Hall–Kier alpha value is -2.71. The Bertz CT molecular complexity index is 710. The Morgan fingerprint density at radius 2 is 2.05 bits per heavy atom. The third-order valence-electron chi connectivity index (χ3n) is 2.68. The molecule has 0 aromatic heterocycles. The van der Waals surface area contributed by atoms with E-state index in [1.165, 1.54) is 6.07 Å². The second-order valence-electron chi connectivity index (χ2n) is 4.11. The van der Waals surface area contributed by atoms with Crippen molar-refractivity contribution < 1.29 is 9.53 Å². The van der Waals surface area contributed by atoms with Crippen molar-refractivity contribution in [3.8, 4) is 11.8 Å². The zero-order chi connectivity index (χ0) is 15.2. The summed E-state index contributed by atoms with van der Waals surface area (Å²) >= 11 is 5.86. The van der Waals surface area contributed by atoms with E-state index in [0.29, 0.717) is 27.7 Å². The fraction of sp³-hybridized carbons (Fsp3) is 0.0667.